The van der Waals surface area contributed by atoms with Crippen LogP contribution < -0.4 is 10.2 Å². The maximum atomic E-state index is 11.7. The molecule has 0 radical (unpaired) electrons. The number of aryl methyl sites for hydroxylation is 2. The third kappa shape index (κ3) is 4.42. The van der Waals surface area contributed by atoms with Gasteiger partial charge in [0.2, 0.25) is 0 Å². The molecule has 1 aromatic heterocycles. The number of nitrogens with one attached hydrogen (secondary N) is 1. The van der Waals surface area contributed by atoms with E-state index >= 15 is 0 Å². The van der Waals surface area contributed by atoms with Crippen molar-refractivity contribution in [1.29, 1.82) is 0 Å². The molecule has 0 unspecified atom stereocenters. The van der Waals surface area contributed by atoms with Gasteiger partial charge in [-0.05, 0) is 31.0 Å². The van der Waals surface area contributed by atoms with Crippen LogP contribution in [0.15, 0.2) is 47.8 Å². The van der Waals surface area contributed by atoms with E-state index in [2.05, 4.69) is 15.5 Å². The standard InChI is InChI=1S/C16H17N3O2/c1-12-5-3-6-13(2)16(12)21-11-15(20)19-18-10-14-7-4-8-17-9-14/h3-10H,11H2,1-2H3,(H,19,20). The molecule has 0 fully saturated rings. The number of carbonyl (C=O) groups excluding carboxylic acids is 1. The molecule has 0 aliphatic rings. The second-order valence-corrected chi connectivity index (χ2v) is 4.59. The molecule has 108 valence electrons. The fourth-order valence-corrected chi connectivity index (χ4v) is 1.83. The number of aromatic nitrogens is 1. The number of para-hydroxylation sites is 1. The molecule has 21 heavy (non-hydrogen) atoms. The molecule has 0 saturated heterocycles. The number of hydrazone groups is 1. The summed E-state index contributed by atoms with van der Waals surface area (Å²) in [6.07, 6.45) is 4.86. The molecule has 0 aliphatic heterocycles. The number of pyridine rings is 1. The first-order valence-corrected chi connectivity index (χ1v) is 6.58. The number of hydrogen-bond acceptors (Lipinski definition) is 4. The molecule has 0 atom stereocenters. The first kappa shape index (κ1) is 14.7. The summed E-state index contributed by atoms with van der Waals surface area (Å²) in [6, 6.07) is 9.49. The van der Waals surface area contributed by atoms with Crippen molar-refractivity contribution in [1.82, 2.24) is 10.4 Å². The molecular formula is C16H17N3O2. The summed E-state index contributed by atoms with van der Waals surface area (Å²) in [6.45, 7) is 3.82. The van der Waals surface area contributed by atoms with Crippen molar-refractivity contribution in [3.05, 3.63) is 59.4 Å². The summed E-state index contributed by atoms with van der Waals surface area (Å²) in [5.41, 5.74) is 5.23. The number of nitrogens with zero attached hydrogens (tertiary/aromatic N) is 2. The third-order valence-electron chi connectivity index (χ3n) is 2.84. The molecule has 1 aromatic carbocycles. The summed E-state index contributed by atoms with van der Waals surface area (Å²) < 4.78 is 5.53. The minimum atomic E-state index is -0.308. The van der Waals surface area contributed by atoms with Crippen molar-refractivity contribution < 1.29 is 9.53 Å². The van der Waals surface area contributed by atoms with Crippen molar-refractivity contribution in [2.24, 2.45) is 5.10 Å². The fourth-order valence-electron chi connectivity index (χ4n) is 1.83. The smallest absolute Gasteiger partial charge is 0.277 e. The van der Waals surface area contributed by atoms with Gasteiger partial charge < -0.3 is 4.74 Å². The van der Waals surface area contributed by atoms with E-state index in [0.29, 0.717) is 0 Å². The van der Waals surface area contributed by atoms with E-state index < -0.39 is 0 Å². The fraction of sp³-hybridized carbons (Fsp3) is 0.188. The summed E-state index contributed by atoms with van der Waals surface area (Å²) in [4.78, 5) is 15.6. The topological polar surface area (TPSA) is 63.6 Å². The van der Waals surface area contributed by atoms with Gasteiger partial charge in [-0.15, -0.1) is 0 Å². The van der Waals surface area contributed by atoms with Gasteiger partial charge in [-0.3, -0.25) is 9.78 Å². The second-order valence-electron chi connectivity index (χ2n) is 4.59. The number of carbonyl (C=O) groups is 1. The lowest BCUT2D eigenvalue weighted by Gasteiger charge is -2.10. The minimum absolute atomic E-state index is 0.0733. The molecule has 5 heteroatoms. The summed E-state index contributed by atoms with van der Waals surface area (Å²) in [7, 11) is 0. The zero-order valence-corrected chi connectivity index (χ0v) is 12.0. The van der Waals surface area contributed by atoms with Gasteiger partial charge in [0.25, 0.3) is 5.91 Å². The Morgan fingerprint density at radius 3 is 2.71 bits per heavy atom. The molecule has 2 aromatic rings. The highest BCUT2D eigenvalue weighted by Crippen LogP contribution is 2.21. The van der Waals surface area contributed by atoms with Crippen molar-refractivity contribution in [2.75, 3.05) is 6.61 Å². The van der Waals surface area contributed by atoms with Gasteiger partial charge in [-0.1, -0.05) is 24.3 Å². The van der Waals surface area contributed by atoms with Crippen LogP contribution in [0.5, 0.6) is 5.75 Å². The van der Waals surface area contributed by atoms with Crippen LogP contribution in [0.25, 0.3) is 0 Å². The van der Waals surface area contributed by atoms with E-state index in [1.807, 2.05) is 38.1 Å². The Hall–Kier alpha value is -2.69. The maximum Gasteiger partial charge on any atom is 0.277 e. The molecule has 0 saturated carbocycles. The van der Waals surface area contributed by atoms with Gasteiger partial charge in [-0.25, -0.2) is 5.43 Å². The highest BCUT2D eigenvalue weighted by atomic mass is 16.5. The molecule has 0 bridgehead atoms. The van der Waals surface area contributed by atoms with Crippen LogP contribution in [-0.2, 0) is 4.79 Å². The Kier molecular flexibility index (Phi) is 5.04. The Balaban J connectivity index is 1.84. The zero-order chi connectivity index (χ0) is 15.1. The van der Waals surface area contributed by atoms with Gasteiger partial charge in [-0.2, -0.15) is 5.10 Å². The van der Waals surface area contributed by atoms with Crippen LogP contribution in [0.4, 0.5) is 0 Å². The lowest BCUT2D eigenvalue weighted by Crippen LogP contribution is -2.25. The molecule has 2 rings (SSSR count). The van der Waals surface area contributed by atoms with Gasteiger partial charge in [0, 0.05) is 18.0 Å². The van der Waals surface area contributed by atoms with Crippen LogP contribution in [0.2, 0.25) is 0 Å². The summed E-state index contributed by atoms with van der Waals surface area (Å²) in [5.74, 6) is 0.432. The summed E-state index contributed by atoms with van der Waals surface area (Å²) in [5, 5.41) is 3.85. The Bertz CT molecular complexity index is 619. The van der Waals surface area contributed by atoms with E-state index in [4.69, 9.17) is 4.74 Å². The van der Waals surface area contributed by atoms with E-state index in [1.165, 1.54) is 6.21 Å². The predicted molar refractivity (Wildman–Crippen MR) is 81.4 cm³/mol. The van der Waals surface area contributed by atoms with Crippen molar-refractivity contribution in [3.63, 3.8) is 0 Å². The number of amides is 1. The Morgan fingerprint density at radius 2 is 2.05 bits per heavy atom. The van der Waals surface area contributed by atoms with Crippen molar-refractivity contribution >= 4 is 12.1 Å². The largest absolute Gasteiger partial charge is 0.483 e. The first-order valence-electron chi connectivity index (χ1n) is 6.58. The number of rotatable bonds is 5. The van der Waals surface area contributed by atoms with Gasteiger partial charge >= 0.3 is 0 Å². The molecule has 5 nitrogen and oxygen atoms in total. The van der Waals surface area contributed by atoms with E-state index in [0.717, 1.165) is 22.4 Å². The van der Waals surface area contributed by atoms with Gasteiger partial charge in [0.05, 0.1) is 6.21 Å². The molecular weight excluding hydrogens is 266 g/mol. The minimum Gasteiger partial charge on any atom is -0.483 e. The average Bonchev–Trinajstić information content (AvgIpc) is 2.48. The lowest BCUT2D eigenvalue weighted by molar-refractivity contribution is -0.123. The van der Waals surface area contributed by atoms with Crippen molar-refractivity contribution in [2.45, 2.75) is 13.8 Å². The predicted octanol–water partition coefficient (Wildman–Crippen LogP) is 2.23. The highest BCUT2D eigenvalue weighted by molar-refractivity contribution is 5.82. The van der Waals surface area contributed by atoms with E-state index in [9.17, 15) is 4.79 Å². The quantitative estimate of drug-likeness (QED) is 0.676. The molecule has 1 N–H and O–H groups in total. The SMILES string of the molecule is Cc1cccc(C)c1OCC(=O)NN=Cc1cccnc1. The normalized spacial score (nSPS) is 10.6. The lowest BCUT2D eigenvalue weighted by atomic mass is 10.1. The molecule has 1 heterocycles. The first-order chi connectivity index (χ1) is 10.2. The molecule has 0 aliphatic carbocycles. The van der Waals surface area contributed by atoms with Crippen LogP contribution in [-0.4, -0.2) is 23.7 Å². The van der Waals surface area contributed by atoms with E-state index in [1.54, 1.807) is 18.5 Å². The number of ether oxygens (including phenoxy) is 1. The third-order valence-corrected chi connectivity index (χ3v) is 2.84. The molecule has 0 spiro atoms. The van der Waals surface area contributed by atoms with Crippen LogP contribution in [0.1, 0.15) is 16.7 Å². The van der Waals surface area contributed by atoms with Gasteiger partial charge in [0.15, 0.2) is 6.61 Å². The van der Waals surface area contributed by atoms with Crippen LogP contribution in [0, 0.1) is 13.8 Å². The Morgan fingerprint density at radius 1 is 1.29 bits per heavy atom. The number of benzene rings is 1. The van der Waals surface area contributed by atoms with E-state index in [-0.39, 0.29) is 12.5 Å². The Labute approximate surface area is 123 Å². The van der Waals surface area contributed by atoms with Gasteiger partial charge in [0.1, 0.15) is 5.75 Å². The van der Waals surface area contributed by atoms with Crippen LogP contribution in [0.3, 0.4) is 0 Å². The van der Waals surface area contributed by atoms with Crippen molar-refractivity contribution in [3.8, 4) is 5.75 Å². The average molecular weight is 283 g/mol. The molecule has 1 amide bonds. The van der Waals surface area contributed by atoms with Crippen LogP contribution >= 0.6 is 0 Å². The summed E-state index contributed by atoms with van der Waals surface area (Å²) >= 11 is 0. The maximum absolute atomic E-state index is 11.7. The second kappa shape index (κ2) is 7.19. The monoisotopic (exact) mass is 283 g/mol. The highest BCUT2D eigenvalue weighted by Gasteiger charge is 2.06. The number of hydrogen-bond donors (Lipinski definition) is 1. The zero-order valence-electron chi connectivity index (χ0n) is 12.0.